The SMILES string of the molecule is CCCc1c(-c2nnc(C3CCC3)o2)nc(-c2ccc(Cl)cc2Cl)n1-c1ccc(Cl)cc1. The summed E-state index contributed by atoms with van der Waals surface area (Å²) in [6, 6.07) is 13.1. The van der Waals surface area contributed by atoms with E-state index in [1.165, 1.54) is 6.42 Å². The van der Waals surface area contributed by atoms with Gasteiger partial charge >= 0.3 is 0 Å². The maximum atomic E-state index is 6.60. The fourth-order valence-corrected chi connectivity index (χ4v) is 4.58. The minimum Gasteiger partial charge on any atom is -0.419 e. The number of rotatable bonds is 6. The van der Waals surface area contributed by atoms with E-state index in [-0.39, 0.29) is 0 Å². The highest BCUT2D eigenvalue weighted by atomic mass is 35.5. The van der Waals surface area contributed by atoms with Gasteiger partial charge in [-0.1, -0.05) is 54.6 Å². The molecule has 0 N–H and O–H groups in total. The van der Waals surface area contributed by atoms with Gasteiger partial charge in [-0.15, -0.1) is 10.2 Å². The molecule has 1 aliphatic carbocycles. The van der Waals surface area contributed by atoms with Crippen LogP contribution in [0.4, 0.5) is 0 Å². The van der Waals surface area contributed by atoms with Crippen molar-refractivity contribution in [2.24, 2.45) is 0 Å². The van der Waals surface area contributed by atoms with Crippen molar-refractivity contribution < 1.29 is 4.42 Å². The predicted octanol–water partition coefficient (Wildman–Crippen LogP) is 7.77. The molecule has 5 rings (SSSR count). The first-order valence-electron chi connectivity index (χ1n) is 10.7. The van der Waals surface area contributed by atoms with E-state index in [0.29, 0.717) is 44.3 Å². The molecule has 0 spiro atoms. The average molecular weight is 488 g/mol. The minimum atomic E-state index is 0.356. The lowest BCUT2D eigenvalue weighted by Gasteiger charge is -2.20. The zero-order chi connectivity index (χ0) is 22.2. The van der Waals surface area contributed by atoms with E-state index in [1.807, 2.05) is 36.4 Å². The van der Waals surface area contributed by atoms with Crippen molar-refractivity contribution in [1.82, 2.24) is 19.7 Å². The molecule has 0 unspecified atom stereocenters. The standard InChI is InChI=1S/C24H21Cl3N4O/c1-2-4-20-21(24-30-29-23(32-24)14-5-3-6-14)28-22(18-12-9-16(26)13-19(18)27)31(20)17-10-7-15(25)8-11-17/h7-14H,2-6H2,1H3. The average Bonchev–Trinajstić information content (AvgIpc) is 3.33. The molecule has 32 heavy (non-hydrogen) atoms. The quantitative estimate of drug-likeness (QED) is 0.279. The van der Waals surface area contributed by atoms with E-state index >= 15 is 0 Å². The van der Waals surface area contributed by atoms with E-state index in [4.69, 9.17) is 44.2 Å². The maximum absolute atomic E-state index is 6.60. The first-order valence-corrected chi connectivity index (χ1v) is 11.8. The van der Waals surface area contributed by atoms with E-state index in [1.54, 1.807) is 6.07 Å². The summed E-state index contributed by atoms with van der Waals surface area (Å²) in [6.45, 7) is 2.13. The van der Waals surface area contributed by atoms with Crippen molar-refractivity contribution in [2.45, 2.75) is 44.9 Å². The van der Waals surface area contributed by atoms with Gasteiger partial charge in [-0.05, 0) is 61.7 Å². The lowest BCUT2D eigenvalue weighted by molar-refractivity contribution is 0.338. The minimum absolute atomic E-state index is 0.356. The molecule has 0 amide bonds. The van der Waals surface area contributed by atoms with Gasteiger partial charge in [-0.2, -0.15) is 0 Å². The van der Waals surface area contributed by atoms with Gasteiger partial charge < -0.3 is 4.42 Å². The molecule has 0 bridgehead atoms. The molecule has 2 aromatic heterocycles. The largest absolute Gasteiger partial charge is 0.419 e. The molecule has 2 aromatic carbocycles. The highest BCUT2D eigenvalue weighted by Gasteiger charge is 2.29. The Morgan fingerprint density at radius 1 is 1.00 bits per heavy atom. The summed E-state index contributed by atoms with van der Waals surface area (Å²) in [6.07, 6.45) is 5.08. The summed E-state index contributed by atoms with van der Waals surface area (Å²) in [7, 11) is 0. The number of halogens is 3. The van der Waals surface area contributed by atoms with Crippen molar-refractivity contribution in [3.05, 3.63) is 69.1 Å². The third kappa shape index (κ3) is 3.94. The number of aromatic nitrogens is 4. The van der Waals surface area contributed by atoms with Gasteiger partial charge in [0.2, 0.25) is 5.89 Å². The summed E-state index contributed by atoms with van der Waals surface area (Å²) >= 11 is 18.9. The maximum Gasteiger partial charge on any atom is 0.268 e. The zero-order valence-corrected chi connectivity index (χ0v) is 19.8. The summed E-state index contributed by atoms with van der Waals surface area (Å²) in [5.74, 6) is 2.18. The lowest BCUT2D eigenvalue weighted by Crippen LogP contribution is -2.08. The molecule has 1 saturated carbocycles. The van der Waals surface area contributed by atoms with Gasteiger partial charge in [-0.3, -0.25) is 4.57 Å². The number of hydrogen-bond donors (Lipinski definition) is 0. The third-order valence-corrected chi connectivity index (χ3v) is 6.61. The molecule has 1 aliphatic rings. The van der Waals surface area contributed by atoms with Gasteiger partial charge in [0, 0.05) is 27.2 Å². The Balaban J connectivity index is 1.73. The second kappa shape index (κ2) is 8.89. The normalized spacial score (nSPS) is 14.0. The molecule has 0 radical (unpaired) electrons. The number of hydrogen-bond acceptors (Lipinski definition) is 4. The molecule has 5 nitrogen and oxygen atoms in total. The Kier molecular flexibility index (Phi) is 5.97. The number of benzene rings is 2. The Morgan fingerprint density at radius 2 is 1.75 bits per heavy atom. The van der Waals surface area contributed by atoms with Crippen molar-refractivity contribution in [1.29, 1.82) is 0 Å². The van der Waals surface area contributed by atoms with E-state index in [9.17, 15) is 0 Å². The Bertz CT molecular complexity index is 1260. The molecule has 0 saturated heterocycles. The first kappa shape index (κ1) is 21.5. The summed E-state index contributed by atoms with van der Waals surface area (Å²) < 4.78 is 8.19. The van der Waals surface area contributed by atoms with Crippen molar-refractivity contribution in [3.63, 3.8) is 0 Å². The second-order valence-corrected chi connectivity index (χ2v) is 9.27. The van der Waals surface area contributed by atoms with Gasteiger partial charge in [0.05, 0.1) is 10.7 Å². The van der Waals surface area contributed by atoms with Gasteiger partial charge in [0.1, 0.15) is 11.5 Å². The predicted molar refractivity (Wildman–Crippen MR) is 128 cm³/mol. The van der Waals surface area contributed by atoms with Crippen LogP contribution in [0, 0.1) is 0 Å². The van der Waals surface area contributed by atoms with Crippen LogP contribution in [0.1, 0.15) is 50.1 Å². The monoisotopic (exact) mass is 486 g/mol. The van der Waals surface area contributed by atoms with Crippen molar-refractivity contribution >= 4 is 34.8 Å². The van der Waals surface area contributed by atoms with Crippen LogP contribution in [0.5, 0.6) is 0 Å². The van der Waals surface area contributed by atoms with Crippen LogP contribution in [0.2, 0.25) is 15.1 Å². The molecular formula is C24H21Cl3N4O. The van der Waals surface area contributed by atoms with E-state index in [0.717, 1.165) is 42.6 Å². The van der Waals surface area contributed by atoms with Crippen LogP contribution in [0.25, 0.3) is 28.7 Å². The van der Waals surface area contributed by atoms with E-state index in [2.05, 4.69) is 21.7 Å². The van der Waals surface area contributed by atoms with Crippen LogP contribution >= 0.6 is 34.8 Å². The molecule has 0 atom stereocenters. The highest BCUT2D eigenvalue weighted by molar-refractivity contribution is 6.36. The third-order valence-electron chi connectivity index (χ3n) is 5.81. The topological polar surface area (TPSA) is 56.7 Å². The Labute approximate surface area is 201 Å². The number of imidazole rings is 1. The molecule has 4 aromatic rings. The van der Waals surface area contributed by atoms with Crippen molar-refractivity contribution in [3.8, 4) is 28.7 Å². The van der Waals surface area contributed by atoms with Crippen LogP contribution in [-0.2, 0) is 6.42 Å². The second-order valence-electron chi connectivity index (χ2n) is 7.99. The Morgan fingerprint density at radius 3 is 2.41 bits per heavy atom. The molecule has 0 aliphatic heterocycles. The van der Waals surface area contributed by atoms with Gasteiger partial charge in [-0.25, -0.2) is 4.98 Å². The smallest absolute Gasteiger partial charge is 0.268 e. The summed E-state index contributed by atoms with van der Waals surface area (Å²) in [5, 5.41) is 10.4. The van der Waals surface area contributed by atoms with Crippen LogP contribution in [-0.4, -0.2) is 19.7 Å². The first-order chi connectivity index (χ1) is 15.5. The number of nitrogens with zero attached hydrogens (tertiary/aromatic N) is 4. The fraction of sp³-hybridized carbons (Fsp3) is 0.292. The van der Waals surface area contributed by atoms with Crippen LogP contribution in [0.3, 0.4) is 0 Å². The molecule has 164 valence electrons. The van der Waals surface area contributed by atoms with Crippen LogP contribution in [0.15, 0.2) is 46.9 Å². The molecule has 2 heterocycles. The van der Waals surface area contributed by atoms with E-state index < -0.39 is 0 Å². The van der Waals surface area contributed by atoms with Crippen molar-refractivity contribution in [2.75, 3.05) is 0 Å². The summed E-state index contributed by atoms with van der Waals surface area (Å²) in [4.78, 5) is 4.98. The Hall–Kier alpha value is -2.34. The molecule has 1 fully saturated rings. The summed E-state index contributed by atoms with van der Waals surface area (Å²) in [5.41, 5.74) is 3.37. The van der Waals surface area contributed by atoms with Gasteiger partial charge in [0.15, 0.2) is 0 Å². The highest BCUT2D eigenvalue weighted by Crippen LogP contribution is 2.39. The van der Waals surface area contributed by atoms with Crippen LogP contribution < -0.4 is 0 Å². The zero-order valence-electron chi connectivity index (χ0n) is 17.5. The molecular weight excluding hydrogens is 467 g/mol. The lowest BCUT2D eigenvalue weighted by atomic mass is 9.85. The fourth-order valence-electron chi connectivity index (χ4n) is 3.96. The van der Waals surface area contributed by atoms with Gasteiger partial charge in [0.25, 0.3) is 5.89 Å². The molecule has 8 heteroatoms.